The zero-order valence-corrected chi connectivity index (χ0v) is 25.9. The molecule has 2 aliphatic rings. The van der Waals surface area contributed by atoms with Gasteiger partial charge in [0.05, 0.1) is 19.5 Å². The summed E-state index contributed by atoms with van der Waals surface area (Å²) in [6.45, 7) is 0.0791. The van der Waals surface area contributed by atoms with Crippen molar-refractivity contribution in [2.24, 2.45) is 0 Å². The van der Waals surface area contributed by atoms with Crippen molar-refractivity contribution < 1.29 is 38.0 Å². The molecule has 19 nitrogen and oxygen atoms in total. The maximum Gasteiger partial charge on any atom is 0.405 e. The molecule has 0 spiro atoms. The third-order valence-corrected chi connectivity index (χ3v) is 9.19. The molecule has 0 aliphatic carbocycles. The first-order valence-corrected chi connectivity index (χ1v) is 15.8. The van der Waals surface area contributed by atoms with Crippen LogP contribution in [0.15, 0.2) is 34.5 Å². The smallest absolute Gasteiger partial charge is 0.394 e. The molecule has 0 radical (unpaired) electrons. The summed E-state index contributed by atoms with van der Waals surface area (Å²) < 4.78 is 46.0. The quantitative estimate of drug-likeness (QED) is 0.0986. The number of aromatic amines is 1. The van der Waals surface area contributed by atoms with Crippen LogP contribution in [-0.2, 0) is 27.8 Å². The molecule has 0 amide bonds. The Balaban J connectivity index is 1.32. The minimum atomic E-state index is -4.13. The number of hydrogen-bond acceptors (Lipinski definition) is 15. The number of fused-ring (bicyclic) bond motifs is 1. The SMILES string of the molecule is COC1C(O)[C@@H](COP(=O)(NCCCN(C)C)OC2C[C@H](n3cnc4c(N)ncnc43)O[C@@H]2CO)O[C@H]1n1ccc(=O)[nH]c1=O. The Morgan fingerprint density at radius 3 is 2.73 bits per heavy atom. The van der Waals surface area contributed by atoms with Gasteiger partial charge >= 0.3 is 13.4 Å². The second kappa shape index (κ2) is 14.1. The lowest BCUT2D eigenvalue weighted by Crippen LogP contribution is -2.39. The summed E-state index contributed by atoms with van der Waals surface area (Å²) >= 11 is 0. The second-order valence-corrected chi connectivity index (χ2v) is 12.7. The van der Waals surface area contributed by atoms with Crippen molar-refractivity contribution in [1.29, 1.82) is 0 Å². The Bertz CT molecular complexity index is 1620. The van der Waals surface area contributed by atoms with Gasteiger partial charge in [-0.3, -0.25) is 28.0 Å². The van der Waals surface area contributed by atoms with E-state index in [0.29, 0.717) is 24.1 Å². The lowest BCUT2D eigenvalue weighted by atomic mass is 10.1. The van der Waals surface area contributed by atoms with Crippen molar-refractivity contribution in [1.82, 2.24) is 39.1 Å². The Morgan fingerprint density at radius 2 is 2.02 bits per heavy atom. The molecule has 3 aromatic heterocycles. The number of ether oxygens (including phenoxy) is 3. The van der Waals surface area contributed by atoms with Crippen LogP contribution < -0.4 is 22.1 Å². The predicted octanol–water partition coefficient (Wildman–Crippen LogP) is -1.44. The highest BCUT2D eigenvalue weighted by molar-refractivity contribution is 7.51. The Morgan fingerprint density at radius 1 is 1.22 bits per heavy atom. The van der Waals surface area contributed by atoms with Crippen molar-refractivity contribution in [2.45, 2.75) is 55.8 Å². The number of aliphatic hydroxyl groups is 2. The number of anilines is 1. The molecule has 5 heterocycles. The van der Waals surface area contributed by atoms with Gasteiger partial charge in [-0.1, -0.05) is 0 Å². The number of nitrogens with zero attached hydrogens (tertiary/aromatic N) is 6. The number of aliphatic hydroxyl groups excluding tert-OH is 2. The van der Waals surface area contributed by atoms with Crippen LogP contribution in [0.1, 0.15) is 25.3 Å². The van der Waals surface area contributed by atoms with E-state index in [-0.39, 0.29) is 18.8 Å². The summed E-state index contributed by atoms with van der Waals surface area (Å²) in [6, 6.07) is 1.14. The third kappa shape index (κ3) is 7.33. The molecule has 0 bridgehead atoms. The van der Waals surface area contributed by atoms with Crippen LogP contribution in [0, 0.1) is 0 Å². The predicted molar refractivity (Wildman–Crippen MR) is 157 cm³/mol. The number of imidazole rings is 1. The second-order valence-electron chi connectivity index (χ2n) is 10.9. The molecule has 2 saturated heterocycles. The number of nitrogen functional groups attached to an aromatic ring is 1. The highest BCUT2D eigenvalue weighted by Gasteiger charge is 2.47. The fourth-order valence-electron chi connectivity index (χ4n) is 5.26. The van der Waals surface area contributed by atoms with Gasteiger partial charge in [0.15, 0.2) is 17.7 Å². The maximum atomic E-state index is 14.2. The monoisotopic (exact) mass is 655 g/mol. The van der Waals surface area contributed by atoms with Crippen molar-refractivity contribution in [3.63, 3.8) is 0 Å². The van der Waals surface area contributed by atoms with Crippen LogP contribution in [0.2, 0.25) is 0 Å². The van der Waals surface area contributed by atoms with Gasteiger partial charge in [-0.15, -0.1) is 0 Å². The molecule has 20 heteroatoms. The average molecular weight is 656 g/mol. The number of rotatable bonds is 14. The molecular formula is C25H38N9O10P. The zero-order chi connectivity index (χ0) is 32.3. The van der Waals surface area contributed by atoms with E-state index < -0.39 is 75.2 Å². The van der Waals surface area contributed by atoms with Crippen LogP contribution in [0.5, 0.6) is 0 Å². The van der Waals surface area contributed by atoms with Gasteiger partial charge in [0.1, 0.15) is 48.6 Å². The molecule has 4 unspecified atom stereocenters. The molecule has 45 heavy (non-hydrogen) atoms. The van der Waals surface area contributed by atoms with Crippen LogP contribution in [0.4, 0.5) is 5.82 Å². The Hall–Kier alpha value is -3.10. The normalized spacial score (nSPS) is 28.3. The van der Waals surface area contributed by atoms with Crippen LogP contribution >= 0.6 is 7.75 Å². The van der Waals surface area contributed by atoms with E-state index in [0.717, 1.165) is 10.6 Å². The first kappa shape index (κ1) is 33.3. The maximum absolute atomic E-state index is 14.2. The number of methoxy groups -OCH3 is 1. The van der Waals surface area contributed by atoms with Gasteiger partial charge in [-0.05, 0) is 27.1 Å². The van der Waals surface area contributed by atoms with Gasteiger partial charge in [0.25, 0.3) is 5.56 Å². The van der Waals surface area contributed by atoms with Crippen LogP contribution in [0.25, 0.3) is 11.2 Å². The lowest BCUT2D eigenvalue weighted by Gasteiger charge is -2.26. The van der Waals surface area contributed by atoms with Gasteiger partial charge in [-0.25, -0.2) is 29.4 Å². The molecule has 248 valence electrons. The van der Waals surface area contributed by atoms with Gasteiger partial charge in [-0.2, -0.15) is 0 Å². The largest absolute Gasteiger partial charge is 0.405 e. The number of hydrogen-bond donors (Lipinski definition) is 5. The Kier molecular flexibility index (Phi) is 10.4. The number of nitrogens with one attached hydrogen (secondary N) is 2. The van der Waals surface area contributed by atoms with E-state index in [2.05, 4.69) is 25.0 Å². The summed E-state index contributed by atoms with van der Waals surface area (Å²) in [7, 11) is 1.01. The molecular weight excluding hydrogens is 617 g/mol. The first-order chi connectivity index (χ1) is 21.5. The molecule has 2 fully saturated rings. The standard InChI is InChI=1S/C25H38N9O10P/c1-32(2)7-4-6-30-45(39,41-11-16-20(37)21(40-3)24(43-16)33-8-5-17(36)31-25(33)38)44-14-9-18(42-15(14)10-35)34-13-29-19-22(26)27-12-28-23(19)34/h5,8,12-16,18,20-21,24,35,37H,4,6-7,9-11H2,1-3H3,(H,30,39)(H2,26,27,28)(H,31,36,38)/t14?,15-,16-,18-,20?,21?,24-,45?/m1/s1. The summed E-state index contributed by atoms with van der Waals surface area (Å²) in [5.74, 6) is 0.197. The minimum Gasteiger partial charge on any atom is -0.394 e. The van der Waals surface area contributed by atoms with Gasteiger partial charge in [0.2, 0.25) is 0 Å². The molecule has 0 saturated carbocycles. The van der Waals surface area contributed by atoms with Crippen LogP contribution in [-0.4, -0.2) is 122 Å². The van der Waals surface area contributed by atoms with Crippen molar-refractivity contribution in [3.8, 4) is 0 Å². The van der Waals surface area contributed by atoms with E-state index >= 15 is 0 Å². The van der Waals surface area contributed by atoms with E-state index in [4.69, 9.17) is 29.0 Å². The van der Waals surface area contributed by atoms with Gasteiger partial charge in [0, 0.05) is 32.3 Å². The van der Waals surface area contributed by atoms with Crippen molar-refractivity contribution in [3.05, 3.63) is 45.8 Å². The van der Waals surface area contributed by atoms with Crippen molar-refractivity contribution in [2.75, 3.05) is 53.2 Å². The lowest BCUT2D eigenvalue weighted by molar-refractivity contribution is -0.0634. The minimum absolute atomic E-state index is 0.152. The molecule has 2 aliphatic heterocycles. The zero-order valence-electron chi connectivity index (χ0n) is 25.0. The van der Waals surface area contributed by atoms with E-state index in [9.17, 15) is 24.4 Å². The number of nitrogens with two attached hydrogens (primary N) is 1. The summed E-state index contributed by atoms with van der Waals surface area (Å²) in [4.78, 5) is 40.5. The topological polar surface area (TPSA) is 243 Å². The molecule has 8 atom stereocenters. The fourth-order valence-corrected chi connectivity index (χ4v) is 6.84. The number of H-pyrrole nitrogens is 1. The fraction of sp³-hybridized carbons (Fsp3) is 0.640. The van der Waals surface area contributed by atoms with E-state index in [1.54, 1.807) is 4.57 Å². The van der Waals surface area contributed by atoms with Crippen LogP contribution in [0.3, 0.4) is 0 Å². The average Bonchev–Trinajstić information content (AvgIpc) is 3.69. The summed E-state index contributed by atoms with van der Waals surface area (Å²) in [5, 5.41) is 23.9. The first-order valence-electron chi connectivity index (χ1n) is 14.2. The molecule has 3 aromatic rings. The van der Waals surface area contributed by atoms with E-state index in [1.807, 2.05) is 19.0 Å². The number of aromatic nitrogens is 6. The molecule has 6 N–H and O–H groups in total. The molecule has 5 rings (SSSR count). The molecule has 0 aromatic carbocycles. The third-order valence-electron chi connectivity index (χ3n) is 7.54. The van der Waals surface area contributed by atoms with Crippen molar-refractivity contribution >= 4 is 24.7 Å². The van der Waals surface area contributed by atoms with Gasteiger partial charge < -0.3 is 35.1 Å². The highest BCUT2D eigenvalue weighted by Crippen LogP contribution is 2.49. The summed E-state index contributed by atoms with van der Waals surface area (Å²) in [6.07, 6.45) is -2.21. The Labute approximate surface area is 256 Å². The summed E-state index contributed by atoms with van der Waals surface area (Å²) in [5.41, 5.74) is 5.36. The highest BCUT2D eigenvalue weighted by atomic mass is 31.2. The van der Waals surface area contributed by atoms with E-state index in [1.165, 1.54) is 26.0 Å².